The monoisotopic (exact) mass is 100 g/mol. The maximum atomic E-state index is 5.05. The van der Waals surface area contributed by atoms with Crippen LogP contribution in [-0.4, -0.2) is 18.1 Å². The predicted molar refractivity (Wildman–Crippen MR) is 29.8 cm³/mol. The molecule has 0 radical (unpaired) electrons. The van der Waals surface area contributed by atoms with Gasteiger partial charge in [0.2, 0.25) is 0 Å². The summed E-state index contributed by atoms with van der Waals surface area (Å²) in [7, 11) is 1.78. The smallest absolute Gasteiger partial charge is 0.253 e. The Hall–Kier alpha value is -0.990. The van der Waals surface area contributed by atoms with E-state index >= 15 is 0 Å². The molecule has 3 nitrogen and oxygen atoms in total. The summed E-state index contributed by atoms with van der Waals surface area (Å²) in [5.74, 6) is 0. The van der Waals surface area contributed by atoms with E-state index in [2.05, 4.69) is 12.0 Å². The van der Waals surface area contributed by atoms with Crippen molar-refractivity contribution in [1.82, 2.24) is 5.43 Å². The van der Waals surface area contributed by atoms with Gasteiger partial charge in [-0.25, -0.2) is 5.43 Å². The number of nitrogens with two attached hydrogens (primary N) is 1. The van der Waals surface area contributed by atoms with Crippen molar-refractivity contribution in [3.8, 4) is 0 Å². The first-order chi connectivity index (χ1) is 3.31. The second-order valence-corrected chi connectivity index (χ2v) is 1.09. The highest BCUT2D eigenvalue weighted by molar-refractivity contribution is 5.44. The van der Waals surface area contributed by atoms with E-state index in [4.69, 9.17) is 5.73 Å². The topological polar surface area (TPSA) is 41.1 Å². The van der Waals surface area contributed by atoms with E-state index in [0.717, 1.165) is 0 Å². The maximum Gasteiger partial charge on any atom is 0.253 e. The van der Waals surface area contributed by atoms with Crippen LogP contribution in [0.4, 0.5) is 0 Å². The molecule has 40 valence electrons. The number of rotatable bonds is 2. The van der Waals surface area contributed by atoms with Crippen LogP contribution in [0.25, 0.3) is 0 Å². The zero-order valence-corrected chi connectivity index (χ0v) is 4.39. The quantitative estimate of drug-likeness (QED) is 0.208. The van der Waals surface area contributed by atoms with Gasteiger partial charge in [0, 0.05) is 6.20 Å². The standard InChI is InChI=1S/C4H9N3/c1-3-6-7(2)4-5/h3-6H,1H2,2H3/p+1. The van der Waals surface area contributed by atoms with Crippen molar-refractivity contribution >= 4 is 6.34 Å². The lowest BCUT2D eigenvalue weighted by atomic mass is 11.0. The van der Waals surface area contributed by atoms with Crippen molar-refractivity contribution < 1.29 is 4.68 Å². The summed E-state index contributed by atoms with van der Waals surface area (Å²) >= 11 is 0. The van der Waals surface area contributed by atoms with Crippen LogP contribution >= 0.6 is 0 Å². The molecule has 0 amide bonds. The van der Waals surface area contributed by atoms with Gasteiger partial charge in [0.05, 0.1) is 0 Å². The van der Waals surface area contributed by atoms with Crippen molar-refractivity contribution in [2.45, 2.75) is 0 Å². The molecule has 0 spiro atoms. The van der Waals surface area contributed by atoms with Gasteiger partial charge >= 0.3 is 0 Å². The summed E-state index contributed by atoms with van der Waals surface area (Å²) in [6, 6.07) is 0. The molecule has 0 unspecified atom stereocenters. The first-order valence-corrected chi connectivity index (χ1v) is 1.96. The van der Waals surface area contributed by atoms with Crippen molar-refractivity contribution in [3.63, 3.8) is 0 Å². The summed E-state index contributed by atoms with van der Waals surface area (Å²) < 4.78 is 1.59. The van der Waals surface area contributed by atoms with Crippen molar-refractivity contribution in [1.29, 1.82) is 0 Å². The number of hydrogen-bond acceptors (Lipinski definition) is 1. The molecule has 0 aromatic heterocycles. The summed E-state index contributed by atoms with van der Waals surface area (Å²) in [6.07, 6.45) is 2.95. The summed E-state index contributed by atoms with van der Waals surface area (Å²) in [4.78, 5) is 0. The zero-order chi connectivity index (χ0) is 5.70. The second kappa shape index (κ2) is 3.21. The fourth-order valence-corrected chi connectivity index (χ4v) is 0.187. The van der Waals surface area contributed by atoms with E-state index < -0.39 is 0 Å². The largest absolute Gasteiger partial charge is 0.292 e. The van der Waals surface area contributed by atoms with Gasteiger partial charge in [-0.3, -0.25) is 5.73 Å². The highest BCUT2D eigenvalue weighted by Gasteiger charge is 1.74. The van der Waals surface area contributed by atoms with Crippen LogP contribution in [0.2, 0.25) is 0 Å². The Kier molecular flexibility index (Phi) is 2.76. The molecule has 0 rings (SSSR count). The molecule has 0 heterocycles. The molecule has 3 heteroatoms. The van der Waals surface area contributed by atoms with Crippen LogP contribution in [0, 0.1) is 0 Å². The molecule has 3 N–H and O–H groups in total. The van der Waals surface area contributed by atoms with E-state index in [1.54, 1.807) is 17.9 Å². The summed E-state index contributed by atoms with van der Waals surface area (Å²) in [5.41, 5.74) is 7.76. The van der Waals surface area contributed by atoms with E-state index in [-0.39, 0.29) is 0 Å². The average molecular weight is 100 g/mol. The SMILES string of the molecule is C=CN/[N+](C)=C\N. The van der Waals surface area contributed by atoms with Crippen molar-refractivity contribution in [2.24, 2.45) is 5.73 Å². The minimum absolute atomic E-state index is 1.40. The predicted octanol–water partition coefficient (Wildman–Crippen LogP) is -0.736. The summed E-state index contributed by atoms with van der Waals surface area (Å²) in [5, 5.41) is 0. The molecule has 0 atom stereocenters. The minimum atomic E-state index is 1.40. The molecule has 0 aromatic carbocycles. The van der Waals surface area contributed by atoms with E-state index in [0.29, 0.717) is 0 Å². The van der Waals surface area contributed by atoms with Gasteiger partial charge in [-0.15, -0.1) is 0 Å². The Morgan fingerprint density at radius 3 is 2.57 bits per heavy atom. The van der Waals surface area contributed by atoms with Crippen LogP contribution < -0.4 is 11.2 Å². The highest BCUT2D eigenvalue weighted by Crippen LogP contribution is 1.49. The molecule has 0 bridgehead atoms. The van der Waals surface area contributed by atoms with Crippen LogP contribution in [-0.2, 0) is 0 Å². The highest BCUT2D eigenvalue weighted by atomic mass is 15.4. The van der Waals surface area contributed by atoms with Crippen LogP contribution in [0.3, 0.4) is 0 Å². The summed E-state index contributed by atoms with van der Waals surface area (Å²) in [6.45, 7) is 3.42. The minimum Gasteiger partial charge on any atom is -0.292 e. The fraction of sp³-hybridized carbons (Fsp3) is 0.250. The number of hydrogen-bond donors (Lipinski definition) is 2. The molecule has 0 aliphatic rings. The van der Waals surface area contributed by atoms with Gasteiger partial charge in [0.1, 0.15) is 7.05 Å². The van der Waals surface area contributed by atoms with Crippen LogP contribution in [0.1, 0.15) is 0 Å². The third-order valence-corrected chi connectivity index (χ3v) is 0.519. The molecular weight excluding hydrogens is 90.1 g/mol. The van der Waals surface area contributed by atoms with Gasteiger partial charge in [0.15, 0.2) is 0 Å². The zero-order valence-electron chi connectivity index (χ0n) is 4.39. The average Bonchev–Trinajstić information content (AvgIpc) is 1.68. The first-order valence-electron chi connectivity index (χ1n) is 1.96. The fourth-order valence-electron chi connectivity index (χ4n) is 0.187. The molecule has 0 saturated carbocycles. The lowest BCUT2D eigenvalue weighted by molar-refractivity contribution is -0.544. The van der Waals surface area contributed by atoms with Crippen molar-refractivity contribution in [2.75, 3.05) is 7.05 Å². The molecule has 0 aliphatic carbocycles. The van der Waals surface area contributed by atoms with E-state index in [1.165, 1.54) is 6.34 Å². The normalized spacial score (nSPS) is 10.7. The molecular formula is C4H10N3+. The first kappa shape index (κ1) is 6.01. The van der Waals surface area contributed by atoms with Crippen LogP contribution in [0.5, 0.6) is 0 Å². The van der Waals surface area contributed by atoms with Gasteiger partial charge in [-0.2, -0.15) is 4.68 Å². The third kappa shape index (κ3) is 2.82. The van der Waals surface area contributed by atoms with E-state index in [1.807, 2.05) is 0 Å². The number of nitrogens with zero attached hydrogens (tertiary/aromatic N) is 1. The molecule has 7 heavy (non-hydrogen) atoms. The van der Waals surface area contributed by atoms with Gasteiger partial charge < -0.3 is 0 Å². The molecule has 0 aromatic rings. The Balaban J connectivity index is 3.36. The van der Waals surface area contributed by atoms with Gasteiger partial charge in [0.25, 0.3) is 6.34 Å². The maximum absolute atomic E-state index is 5.05. The van der Waals surface area contributed by atoms with Gasteiger partial charge in [-0.05, 0) is 0 Å². The van der Waals surface area contributed by atoms with Crippen LogP contribution in [0.15, 0.2) is 12.8 Å². The third-order valence-electron chi connectivity index (χ3n) is 0.519. The number of hydrazine groups is 1. The van der Waals surface area contributed by atoms with E-state index in [9.17, 15) is 0 Å². The Bertz CT molecular complexity index is 84.9. The van der Waals surface area contributed by atoms with Crippen molar-refractivity contribution in [3.05, 3.63) is 12.8 Å². The Labute approximate surface area is 43.1 Å². The molecule has 0 aliphatic heterocycles. The lowest BCUT2D eigenvalue weighted by Gasteiger charge is -1.91. The molecule has 0 fully saturated rings. The number of hydrazone groups is 1. The number of nitrogens with one attached hydrogen (secondary N) is 1. The Morgan fingerprint density at radius 1 is 1.86 bits per heavy atom. The molecule has 0 saturated heterocycles. The lowest BCUT2D eigenvalue weighted by Crippen LogP contribution is -2.23. The Morgan fingerprint density at radius 2 is 2.43 bits per heavy atom. The second-order valence-electron chi connectivity index (χ2n) is 1.09. The van der Waals surface area contributed by atoms with Gasteiger partial charge in [-0.1, -0.05) is 6.58 Å².